The van der Waals surface area contributed by atoms with E-state index in [1.54, 1.807) is 12.1 Å². The van der Waals surface area contributed by atoms with Crippen LogP contribution >= 0.6 is 27.7 Å². The molecule has 5 rings (SSSR count). The Kier molecular flexibility index (Phi) is 5.72. The summed E-state index contributed by atoms with van der Waals surface area (Å²) in [4.78, 5) is 12.3. The predicted molar refractivity (Wildman–Crippen MR) is 113 cm³/mol. The number of nitrogens with zero attached hydrogens (tertiary/aromatic N) is 3. The molecule has 0 aliphatic carbocycles. The fourth-order valence-electron chi connectivity index (χ4n) is 3.38. The second-order valence-corrected chi connectivity index (χ2v) is 8.99. The van der Waals surface area contributed by atoms with E-state index in [2.05, 4.69) is 30.9 Å². The standard InChI is InChI=1S/C20H11BrF5N5O2S/c21-8-3-9-10(33-6-32-9)4-11(8)34-20-29-17-18(27)28-5-31(19(17)30-20)2-1-7-12(22)14(24)16(26)15(25)13(7)23/h3-5H,1-2,6H2,(H2,27,29,30)/p+1. The van der Waals surface area contributed by atoms with Crippen molar-refractivity contribution in [1.82, 2.24) is 15.0 Å². The molecule has 0 amide bonds. The van der Waals surface area contributed by atoms with Crippen LogP contribution in [0.3, 0.4) is 0 Å². The third-order valence-corrected chi connectivity index (χ3v) is 6.93. The smallest absolute Gasteiger partial charge is 0.294 e. The number of hydrogen-bond acceptors (Lipinski definition) is 6. The van der Waals surface area contributed by atoms with Gasteiger partial charge in [-0.1, -0.05) is 9.97 Å². The van der Waals surface area contributed by atoms with Crippen LogP contribution in [0.2, 0.25) is 0 Å². The normalized spacial score (nSPS) is 12.6. The Morgan fingerprint density at radius 1 is 1.03 bits per heavy atom. The molecule has 1 aliphatic rings. The lowest BCUT2D eigenvalue weighted by molar-refractivity contribution is -0.675. The average molecular weight is 561 g/mol. The van der Waals surface area contributed by atoms with Crippen molar-refractivity contribution in [1.29, 1.82) is 0 Å². The van der Waals surface area contributed by atoms with Crippen LogP contribution in [0.15, 0.2) is 33.0 Å². The van der Waals surface area contributed by atoms with E-state index in [-0.39, 0.29) is 24.8 Å². The van der Waals surface area contributed by atoms with Gasteiger partial charge in [0.15, 0.2) is 40.3 Å². The van der Waals surface area contributed by atoms with Gasteiger partial charge in [0.1, 0.15) is 0 Å². The number of anilines is 1. The highest BCUT2D eigenvalue weighted by Gasteiger charge is 2.27. The van der Waals surface area contributed by atoms with Crippen LogP contribution in [-0.2, 0) is 13.0 Å². The van der Waals surface area contributed by atoms with Gasteiger partial charge in [0.2, 0.25) is 29.9 Å². The third kappa shape index (κ3) is 3.79. The summed E-state index contributed by atoms with van der Waals surface area (Å²) in [6.45, 7) is -0.0589. The summed E-state index contributed by atoms with van der Waals surface area (Å²) in [5.74, 6) is -8.65. The molecule has 3 N–H and O–H groups in total. The lowest BCUT2D eigenvalue weighted by atomic mass is 10.1. The molecular weight excluding hydrogens is 549 g/mol. The van der Waals surface area contributed by atoms with Gasteiger partial charge in [-0.3, -0.25) is 0 Å². The Morgan fingerprint density at radius 2 is 1.68 bits per heavy atom. The van der Waals surface area contributed by atoms with Crippen molar-refractivity contribution < 1.29 is 36.0 Å². The van der Waals surface area contributed by atoms with Gasteiger partial charge in [-0.15, -0.1) is 0 Å². The monoisotopic (exact) mass is 560 g/mol. The number of fused-ring (bicyclic) bond motifs is 2. The Balaban J connectivity index is 1.46. The maximum atomic E-state index is 14.0. The van der Waals surface area contributed by atoms with E-state index in [1.165, 1.54) is 22.7 Å². The molecule has 0 saturated carbocycles. The van der Waals surface area contributed by atoms with Gasteiger partial charge in [-0.2, -0.15) is 0 Å². The zero-order chi connectivity index (χ0) is 24.1. The summed E-state index contributed by atoms with van der Waals surface area (Å²) in [6, 6.07) is 3.52. The van der Waals surface area contributed by atoms with Crippen LogP contribution in [0, 0.1) is 29.1 Å². The Morgan fingerprint density at radius 3 is 2.38 bits per heavy atom. The third-order valence-electron chi connectivity index (χ3n) is 5.06. The number of aromatic nitrogens is 4. The first kappa shape index (κ1) is 22.7. The van der Waals surface area contributed by atoms with Gasteiger partial charge < -0.3 is 20.2 Å². The lowest BCUT2D eigenvalue weighted by Gasteiger charge is -2.08. The average Bonchev–Trinajstić information content (AvgIpc) is 3.45. The molecule has 3 heterocycles. The van der Waals surface area contributed by atoms with Gasteiger partial charge in [-0.05, 0) is 39.8 Å². The summed E-state index contributed by atoms with van der Waals surface area (Å²) in [7, 11) is 0. The number of aryl methyl sites for hydroxylation is 1. The van der Waals surface area contributed by atoms with E-state index in [4.69, 9.17) is 15.2 Å². The summed E-state index contributed by atoms with van der Waals surface area (Å²) in [5, 5.41) is 0.416. The number of benzene rings is 2. The molecule has 0 radical (unpaired) electrons. The fourth-order valence-corrected chi connectivity index (χ4v) is 4.76. The number of nitrogens with two attached hydrogens (primary N) is 1. The van der Waals surface area contributed by atoms with Crippen molar-refractivity contribution in [2.24, 2.45) is 0 Å². The van der Waals surface area contributed by atoms with E-state index in [0.717, 1.165) is 9.37 Å². The number of hydrogen-bond donors (Lipinski definition) is 2. The molecule has 0 spiro atoms. The largest absolute Gasteiger partial charge is 0.454 e. The molecular formula is C20H12BrF5N5O2S+. The summed E-state index contributed by atoms with van der Waals surface area (Å²) < 4.78 is 81.3. The Labute approximate surface area is 200 Å². The van der Waals surface area contributed by atoms with Gasteiger partial charge in [0, 0.05) is 21.4 Å². The molecule has 2 aromatic carbocycles. The second-order valence-electron chi connectivity index (χ2n) is 7.10. The van der Waals surface area contributed by atoms with Crippen LogP contribution in [-0.4, -0.2) is 21.7 Å². The first-order valence-electron chi connectivity index (χ1n) is 9.55. The second kappa shape index (κ2) is 8.58. The predicted octanol–water partition coefficient (Wildman–Crippen LogP) is 4.41. The van der Waals surface area contributed by atoms with Crippen LogP contribution in [0.1, 0.15) is 5.56 Å². The minimum atomic E-state index is -2.20. The highest BCUT2D eigenvalue weighted by atomic mass is 79.9. The SMILES string of the molecule is Nc1nc[n+](CCc2c(F)c(F)c(F)c(F)c2F)c2nc(Sc3cc4c(cc3Br)OCO4)[nH]c12. The summed E-state index contributed by atoms with van der Waals surface area (Å²) >= 11 is 4.70. The molecule has 0 bridgehead atoms. The van der Waals surface area contributed by atoms with Crippen molar-refractivity contribution in [2.45, 2.75) is 23.0 Å². The van der Waals surface area contributed by atoms with Gasteiger partial charge in [-0.25, -0.2) is 26.5 Å². The van der Waals surface area contributed by atoms with Crippen LogP contribution < -0.4 is 19.8 Å². The Bertz CT molecular complexity index is 1440. The molecule has 0 saturated heterocycles. The number of nitrogens with one attached hydrogen (secondary N) is 1. The van der Waals surface area contributed by atoms with Crippen LogP contribution in [0.4, 0.5) is 27.8 Å². The topological polar surface area (TPSA) is 89.9 Å². The van der Waals surface area contributed by atoms with Crippen molar-refractivity contribution in [2.75, 3.05) is 12.5 Å². The van der Waals surface area contributed by atoms with Crippen molar-refractivity contribution in [3.05, 3.63) is 57.6 Å². The molecule has 1 aliphatic heterocycles. The molecule has 7 nitrogen and oxygen atoms in total. The molecule has 4 aromatic rings. The zero-order valence-electron chi connectivity index (χ0n) is 16.8. The van der Waals surface area contributed by atoms with Crippen molar-refractivity contribution in [3.63, 3.8) is 0 Å². The number of nitrogen functional groups attached to an aromatic ring is 1. The number of imidazole rings is 1. The van der Waals surface area contributed by atoms with Crippen molar-refractivity contribution >= 4 is 44.7 Å². The number of halogens is 6. The van der Waals surface area contributed by atoms with E-state index in [1.807, 2.05) is 0 Å². The van der Waals surface area contributed by atoms with Crippen LogP contribution in [0.25, 0.3) is 11.2 Å². The molecule has 14 heteroatoms. The van der Waals surface area contributed by atoms with E-state index >= 15 is 0 Å². The van der Waals surface area contributed by atoms with E-state index < -0.39 is 41.1 Å². The molecule has 34 heavy (non-hydrogen) atoms. The first-order valence-corrected chi connectivity index (χ1v) is 11.2. The molecule has 0 fully saturated rings. The fraction of sp³-hybridized carbons (Fsp3) is 0.150. The Hall–Kier alpha value is -3.13. The van der Waals surface area contributed by atoms with E-state index in [9.17, 15) is 22.0 Å². The number of aromatic amines is 1. The summed E-state index contributed by atoms with van der Waals surface area (Å²) in [6.07, 6.45) is 0.774. The molecule has 176 valence electrons. The minimum absolute atomic E-state index is 0.117. The lowest BCUT2D eigenvalue weighted by Crippen LogP contribution is -2.37. The van der Waals surface area contributed by atoms with Crippen LogP contribution in [0.5, 0.6) is 11.5 Å². The quantitative estimate of drug-likeness (QED) is 0.163. The van der Waals surface area contributed by atoms with E-state index in [0.29, 0.717) is 22.2 Å². The van der Waals surface area contributed by atoms with Gasteiger partial charge in [0.05, 0.1) is 6.54 Å². The molecule has 0 unspecified atom stereocenters. The number of H-pyrrole nitrogens is 1. The maximum Gasteiger partial charge on any atom is 0.294 e. The molecule has 0 atom stereocenters. The zero-order valence-corrected chi connectivity index (χ0v) is 19.2. The van der Waals surface area contributed by atoms with Gasteiger partial charge in [0.25, 0.3) is 5.65 Å². The van der Waals surface area contributed by atoms with Crippen molar-refractivity contribution in [3.8, 4) is 11.5 Å². The molecule has 2 aromatic heterocycles. The summed E-state index contributed by atoms with van der Waals surface area (Å²) in [5.41, 5.74) is 5.64. The number of rotatable bonds is 5. The number of ether oxygens (including phenoxy) is 2. The highest BCUT2D eigenvalue weighted by molar-refractivity contribution is 9.10. The van der Waals surface area contributed by atoms with Gasteiger partial charge >= 0.3 is 0 Å². The first-order chi connectivity index (χ1) is 16.2. The highest BCUT2D eigenvalue weighted by Crippen LogP contribution is 2.42. The minimum Gasteiger partial charge on any atom is -0.454 e. The maximum absolute atomic E-state index is 14.0.